The molecule has 4 nitrogen and oxygen atoms in total. The second-order valence-corrected chi connectivity index (χ2v) is 4.91. The molecule has 18 heavy (non-hydrogen) atoms. The highest BCUT2D eigenvalue weighted by Crippen LogP contribution is 2.29. The number of hydrogen-bond acceptors (Lipinski definition) is 3. The van der Waals surface area contributed by atoms with Gasteiger partial charge in [0.15, 0.2) is 0 Å². The van der Waals surface area contributed by atoms with Crippen molar-refractivity contribution in [3.8, 4) is 5.75 Å². The first-order valence-corrected chi connectivity index (χ1v) is 6.16. The first-order chi connectivity index (χ1) is 8.54. The third-order valence-electron chi connectivity index (χ3n) is 3.26. The van der Waals surface area contributed by atoms with Crippen molar-refractivity contribution in [1.82, 2.24) is 0 Å². The standard InChI is InChI=1S/C13H16FNO3/c1-9-3-2-4-12(5-9)18-13-7-10(14)6-11(8-13)15(16)17/h6-9,12H,2-5H2,1H3. The molecule has 2 unspecified atom stereocenters. The van der Waals surface area contributed by atoms with Gasteiger partial charge >= 0.3 is 0 Å². The average Bonchev–Trinajstić information content (AvgIpc) is 2.28. The van der Waals surface area contributed by atoms with Crippen molar-refractivity contribution in [1.29, 1.82) is 0 Å². The number of nitro groups is 1. The lowest BCUT2D eigenvalue weighted by atomic mass is 9.89. The molecule has 0 N–H and O–H groups in total. The molecule has 2 rings (SSSR count). The summed E-state index contributed by atoms with van der Waals surface area (Å²) < 4.78 is 18.9. The molecule has 0 amide bonds. The third kappa shape index (κ3) is 3.18. The lowest BCUT2D eigenvalue weighted by molar-refractivity contribution is -0.385. The summed E-state index contributed by atoms with van der Waals surface area (Å²) in [7, 11) is 0. The second-order valence-electron chi connectivity index (χ2n) is 4.91. The molecule has 0 heterocycles. The fourth-order valence-electron chi connectivity index (χ4n) is 2.40. The summed E-state index contributed by atoms with van der Waals surface area (Å²) >= 11 is 0. The Morgan fingerprint density at radius 3 is 2.83 bits per heavy atom. The van der Waals surface area contributed by atoms with Gasteiger partial charge in [0, 0.05) is 6.07 Å². The zero-order valence-electron chi connectivity index (χ0n) is 10.3. The van der Waals surface area contributed by atoms with Crippen LogP contribution in [0.5, 0.6) is 5.75 Å². The molecule has 0 bridgehead atoms. The van der Waals surface area contributed by atoms with Crippen molar-refractivity contribution < 1.29 is 14.1 Å². The number of nitro benzene ring substituents is 1. The van der Waals surface area contributed by atoms with E-state index in [9.17, 15) is 14.5 Å². The molecule has 1 aromatic carbocycles. The summed E-state index contributed by atoms with van der Waals surface area (Å²) in [6.07, 6.45) is 4.15. The van der Waals surface area contributed by atoms with Gasteiger partial charge in [0.05, 0.1) is 23.2 Å². The fraction of sp³-hybridized carbons (Fsp3) is 0.538. The maximum atomic E-state index is 13.2. The minimum atomic E-state index is -0.636. The number of ether oxygens (including phenoxy) is 1. The number of non-ortho nitro benzene ring substituents is 1. The van der Waals surface area contributed by atoms with Crippen molar-refractivity contribution in [2.45, 2.75) is 38.7 Å². The maximum Gasteiger partial charge on any atom is 0.276 e. The minimum Gasteiger partial charge on any atom is -0.490 e. The minimum absolute atomic E-state index is 0.0372. The van der Waals surface area contributed by atoms with Crippen molar-refractivity contribution in [3.63, 3.8) is 0 Å². The SMILES string of the molecule is CC1CCCC(Oc2cc(F)cc([N+](=O)[O-])c2)C1. The van der Waals surface area contributed by atoms with E-state index in [2.05, 4.69) is 6.92 Å². The molecular weight excluding hydrogens is 237 g/mol. The quantitative estimate of drug-likeness (QED) is 0.609. The number of benzene rings is 1. The van der Waals surface area contributed by atoms with Crippen LogP contribution in [0, 0.1) is 21.8 Å². The highest BCUT2D eigenvalue weighted by molar-refractivity contribution is 5.39. The van der Waals surface area contributed by atoms with E-state index in [1.807, 2.05) is 0 Å². The molecule has 1 fully saturated rings. The Morgan fingerprint density at radius 1 is 1.39 bits per heavy atom. The van der Waals surface area contributed by atoms with E-state index < -0.39 is 10.7 Å². The second kappa shape index (κ2) is 5.33. The van der Waals surface area contributed by atoms with Crippen molar-refractivity contribution >= 4 is 5.69 Å². The van der Waals surface area contributed by atoms with Crippen LogP contribution in [0.4, 0.5) is 10.1 Å². The molecule has 1 aliphatic rings. The zero-order chi connectivity index (χ0) is 13.1. The van der Waals surface area contributed by atoms with Gasteiger partial charge in [0.1, 0.15) is 11.6 Å². The first kappa shape index (κ1) is 12.8. The number of hydrogen-bond donors (Lipinski definition) is 0. The number of halogens is 1. The van der Waals surface area contributed by atoms with Gasteiger partial charge in [0.25, 0.3) is 5.69 Å². The van der Waals surface area contributed by atoms with Crippen molar-refractivity contribution in [2.75, 3.05) is 0 Å². The molecule has 0 spiro atoms. The smallest absolute Gasteiger partial charge is 0.276 e. The van der Waals surface area contributed by atoms with Crippen LogP contribution < -0.4 is 4.74 Å². The Bertz CT molecular complexity index is 450. The van der Waals surface area contributed by atoms with Gasteiger partial charge in [-0.2, -0.15) is 0 Å². The topological polar surface area (TPSA) is 52.4 Å². The molecule has 1 aromatic rings. The van der Waals surface area contributed by atoms with Crippen LogP contribution in [0.3, 0.4) is 0 Å². The highest BCUT2D eigenvalue weighted by atomic mass is 19.1. The maximum absolute atomic E-state index is 13.2. The Hall–Kier alpha value is -1.65. The van der Waals surface area contributed by atoms with Crippen LogP contribution in [-0.2, 0) is 0 Å². The van der Waals surface area contributed by atoms with Gasteiger partial charge in [-0.1, -0.05) is 13.3 Å². The van der Waals surface area contributed by atoms with Crippen LogP contribution in [0.15, 0.2) is 18.2 Å². The molecule has 0 aliphatic heterocycles. The lowest BCUT2D eigenvalue weighted by Gasteiger charge is -2.27. The molecule has 5 heteroatoms. The fourth-order valence-corrected chi connectivity index (χ4v) is 2.40. The predicted molar refractivity (Wildman–Crippen MR) is 65.1 cm³/mol. The van der Waals surface area contributed by atoms with Crippen LogP contribution >= 0.6 is 0 Å². The summed E-state index contributed by atoms with van der Waals surface area (Å²) in [5.74, 6) is 0.205. The Labute approximate surface area is 105 Å². The molecular formula is C13H16FNO3. The first-order valence-electron chi connectivity index (χ1n) is 6.16. The zero-order valence-corrected chi connectivity index (χ0v) is 10.3. The Kier molecular flexibility index (Phi) is 3.79. The largest absolute Gasteiger partial charge is 0.490 e. The molecule has 2 atom stereocenters. The van der Waals surface area contributed by atoms with Crippen LogP contribution in [-0.4, -0.2) is 11.0 Å². The molecule has 0 saturated heterocycles. The summed E-state index contributed by atoms with van der Waals surface area (Å²) in [6.45, 7) is 2.16. The van der Waals surface area contributed by atoms with Crippen molar-refractivity contribution in [2.24, 2.45) is 5.92 Å². The van der Waals surface area contributed by atoms with Gasteiger partial charge < -0.3 is 4.74 Å². The molecule has 0 aromatic heterocycles. The third-order valence-corrected chi connectivity index (χ3v) is 3.26. The van der Waals surface area contributed by atoms with Gasteiger partial charge in [-0.25, -0.2) is 4.39 Å². The van der Waals surface area contributed by atoms with E-state index in [-0.39, 0.29) is 17.5 Å². The van der Waals surface area contributed by atoms with Crippen LogP contribution in [0.1, 0.15) is 32.6 Å². The van der Waals surface area contributed by atoms with E-state index in [0.29, 0.717) is 5.92 Å². The van der Waals surface area contributed by atoms with Gasteiger partial charge in [-0.3, -0.25) is 10.1 Å². The average molecular weight is 253 g/mol. The number of nitrogens with zero attached hydrogens (tertiary/aromatic N) is 1. The molecule has 0 radical (unpaired) electrons. The summed E-state index contributed by atoms with van der Waals surface area (Å²) in [4.78, 5) is 10.0. The number of rotatable bonds is 3. The Balaban J connectivity index is 2.10. The molecule has 1 aliphatic carbocycles. The van der Waals surface area contributed by atoms with Crippen LogP contribution in [0.2, 0.25) is 0 Å². The van der Waals surface area contributed by atoms with Gasteiger partial charge in [0.2, 0.25) is 0 Å². The lowest BCUT2D eigenvalue weighted by Crippen LogP contribution is -2.24. The predicted octanol–water partition coefficient (Wildman–Crippen LogP) is 3.69. The van der Waals surface area contributed by atoms with E-state index in [4.69, 9.17) is 4.74 Å². The summed E-state index contributed by atoms with van der Waals surface area (Å²) in [6, 6.07) is 3.38. The van der Waals surface area contributed by atoms with E-state index in [1.54, 1.807) is 0 Å². The normalized spacial score (nSPS) is 23.7. The van der Waals surface area contributed by atoms with Crippen LogP contribution in [0.25, 0.3) is 0 Å². The Morgan fingerprint density at radius 2 is 2.17 bits per heavy atom. The molecule has 98 valence electrons. The molecule has 1 saturated carbocycles. The van der Waals surface area contributed by atoms with E-state index >= 15 is 0 Å². The van der Waals surface area contributed by atoms with Gasteiger partial charge in [-0.05, 0) is 25.2 Å². The van der Waals surface area contributed by atoms with E-state index in [1.165, 1.54) is 18.6 Å². The van der Waals surface area contributed by atoms with Crippen molar-refractivity contribution in [3.05, 3.63) is 34.1 Å². The monoisotopic (exact) mass is 253 g/mol. The van der Waals surface area contributed by atoms with Gasteiger partial charge in [-0.15, -0.1) is 0 Å². The summed E-state index contributed by atoms with van der Waals surface area (Å²) in [5, 5.41) is 10.6. The summed E-state index contributed by atoms with van der Waals surface area (Å²) in [5.41, 5.74) is -0.270. The van der Waals surface area contributed by atoms with E-state index in [0.717, 1.165) is 25.3 Å². The highest BCUT2D eigenvalue weighted by Gasteiger charge is 2.21.